The first-order chi connectivity index (χ1) is 9.50. The van der Waals surface area contributed by atoms with Gasteiger partial charge in [-0.3, -0.25) is 0 Å². The van der Waals surface area contributed by atoms with Crippen LogP contribution in [0.15, 0.2) is 29.3 Å². The van der Waals surface area contributed by atoms with E-state index in [0.29, 0.717) is 4.57 Å². The van der Waals surface area contributed by atoms with E-state index in [9.17, 15) is 17.6 Å². The van der Waals surface area contributed by atoms with Crippen LogP contribution in [0.5, 0.6) is 0 Å². The van der Waals surface area contributed by atoms with Gasteiger partial charge in [0.2, 0.25) is 0 Å². The van der Waals surface area contributed by atoms with E-state index >= 15 is 0 Å². The molecule has 0 amide bonds. The maximum atomic E-state index is 14.0. The molecule has 0 fully saturated rings. The molecule has 0 aliphatic rings. The van der Waals surface area contributed by atoms with Gasteiger partial charge in [-0.25, -0.2) is 22.2 Å². The third-order valence-corrected chi connectivity index (χ3v) is 3.84. The molecule has 0 aliphatic carbocycles. The van der Waals surface area contributed by atoms with Gasteiger partial charge in [-0.1, -0.05) is 12.1 Å². The molecule has 0 atom stereocenters. The van der Waals surface area contributed by atoms with Crippen molar-refractivity contribution in [2.45, 2.75) is 31.4 Å². The first-order valence-corrected chi connectivity index (χ1v) is 8.29. The van der Waals surface area contributed by atoms with Crippen molar-refractivity contribution in [1.82, 2.24) is 4.57 Å². The molecular weight excluding hydrogens is 321 g/mol. The van der Waals surface area contributed by atoms with E-state index in [2.05, 4.69) is 0 Å². The molecule has 1 heterocycles. The summed E-state index contributed by atoms with van der Waals surface area (Å²) in [4.78, 5) is 12.2. The molecule has 0 spiro atoms. The van der Waals surface area contributed by atoms with Crippen molar-refractivity contribution in [1.29, 1.82) is 0 Å². The Kier molecular flexibility index (Phi) is 3.75. The second-order valence-corrected chi connectivity index (χ2v) is 7.93. The number of nitrogens with zero attached hydrogens (tertiary/aromatic N) is 1. The van der Waals surface area contributed by atoms with Crippen molar-refractivity contribution >= 4 is 36.7 Å². The number of hydrogen-bond donors (Lipinski definition) is 0. The lowest BCUT2D eigenvalue weighted by Gasteiger charge is -2.20. The predicted molar refractivity (Wildman–Crippen MR) is 76.6 cm³/mol. The highest BCUT2D eigenvalue weighted by molar-refractivity contribution is 8.13. The Balaban J connectivity index is 2.78. The molecule has 5 nitrogen and oxygen atoms in total. The monoisotopic (exact) mass is 333 g/mol. The lowest BCUT2D eigenvalue weighted by atomic mass is 10.2. The van der Waals surface area contributed by atoms with Gasteiger partial charge in [-0.15, -0.1) is 0 Å². The highest BCUT2D eigenvalue weighted by Gasteiger charge is 2.28. The molecule has 21 heavy (non-hydrogen) atoms. The highest BCUT2D eigenvalue weighted by Crippen LogP contribution is 2.28. The van der Waals surface area contributed by atoms with Gasteiger partial charge < -0.3 is 4.74 Å². The van der Waals surface area contributed by atoms with E-state index in [0.717, 1.165) is 12.1 Å². The van der Waals surface area contributed by atoms with E-state index in [1.165, 1.54) is 12.1 Å². The summed E-state index contributed by atoms with van der Waals surface area (Å²) in [6.07, 6.45) is -1.01. The minimum Gasteiger partial charge on any atom is -0.443 e. The lowest BCUT2D eigenvalue weighted by Crippen LogP contribution is -2.28. The predicted octanol–water partition coefficient (Wildman–Crippen LogP) is 3.49. The summed E-state index contributed by atoms with van der Waals surface area (Å²) in [6.45, 7) is 4.84. The zero-order valence-electron chi connectivity index (χ0n) is 11.6. The van der Waals surface area contributed by atoms with Crippen LogP contribution in [0.2, 0.25) is 0 Å². The van der Waals surface area contributed by atoms with Crippen molar-refractivity contribution in [3.05, 3.63) is 30.1 Å². The van der Waals surface area contributed by atoms with Crippen LogP contribution in [0, 0.1) is 5.82 Å². The van der Waals surface area contributed by atoms with Crippen LogP contribution in [0.3, 0.4) is 0 Å². The molecule has 2 rings (SSSR count). The van der Waals surface area contributed by atoms with Gasteiger partial charge >= 0.3 is 6.09 Å². The zero-order chi connectivity index (χ0) is 16.0. The lowest BCUT2D eigenvalue weighted by molar-refractivity contribution is 0.0529. The minimum atomic E-state index is -4.25. The van der Waals surface area contributed by atoms with Crippen LogP contribution in [-0.4, -0.2) is 24.7 Å². The summed E-state index contributed by atoms with van der Waals surface area (Å²) in [5.41, 5.74) is -1.06. The third kappa shape index (κ3) is 3.19. The van der Waals surface area contributed by atoms with E-state index < -0.39 is 31.6 Å². The number of para-hydroxylation sites is 1. The van der Waals surface area contributed by atoms with Gasteiger partial charge in [0.05, 0.1) is 5.52 Å². The summed E-state index contributed by atoms with van der Waals surface area (Å²) < 4.78 is 43.0. The molecule has 0 bridgehead atoms. The first-order valence-electron chi connectivity index (χ1n) is 5.99. The molecule has 0 radical (unpaired) electrons. The first kappa shape index (κ1) is 15.8. The smallest absolute Gasteiger partial charge is 0.420 e. The second kappa shape index (κ2) is 4.99. The number of ether oxygens (including phenoxy) is 1. The number of benzene rings is 1. The normalized spacial score (nSPS) is 12.6. The molecule has 8 heteroatoms. The topological polar surface area (TPSA) is 65.4 Å². The number of fused-ring (bicyclic) bond motifs is 1. The Morgan fingerprint density at radius 2 is 1.95 bits per heavy atom. The fourth-order valence-corrected chi connectivity index (χ4v) is 2.85. The Labute approximate surface area is 125 Å². The van der Waals surface area contributed by atoms with Crippen LogP contribution < -0.4 is 0 Å². The molecular formula is C13H13ClFNO4S. The largest absolute Gasteiger partial charge is 0.443 e. The van der Waals surface area contributed by atoms with Gasteiger partial charge in [0.15, 0.2) is 5.03 Å². The molecule has 0 aliphatic heterocycles. The van der Waals surface area contributed by atoms with Gasteiger partial charge in [0, 0.05) is 16.1 Å². The molecule has 0 saturated carbocycles. The minimum absolute atomic E-state index is 0.189. The van der Waals surface area contributed by atoms with Crippen LogP contribution in [0.25, 0.3) is 10.9 Å². The second-order valence-electron chi connectivity index (χ2n) is 5.41. The van der Waals surface area contributed by atoms with Gasteiger partial charge in [0.1, 0.15) is 11.4 Å². The molecule has 1 aromatic heterocycles. The Bertz CT molecular complexity index is 821. The fourth-order valence-electron chi connectivity index (χ4n) is 1.86. The van der Waals surface area contributed by atoms with Gasteiger partial charge in [-0.05, 0) is 32.9 Å². The van der Waals surface area contributed by atoms with E-state index in [1.807, 2.05) is 0 Å². The number of halogens is 2. The van der Waals surface area contributed by atoms with E-state index in [1.54, 1.807) is 20.8 Å². The summed E-state index contributed by atoms with van der Waals surface area (Å²) in [5.74, 6) is -0.745. The van der Waals surface area contributed by atoms with E-state index in [-0.39, 0.29) is 10.9 Å². The molecule has 1 aromatic carbocycles. The van der Waals surface area contributed by atoms with E-state index in [4.69, 9.17) is 15.4 Å². The van der Waals surface area contributed by atoms with Gasteiger partial charge in [-0.2, -0.15) is 0 Å². The van der Waals surface area contributed by atoms with Crippen molar-refractivity contribution in [2.75, 3.05) is 0 Å². The maximum Gasteiger partial charge on any atom is 0.420 e. The quantitative estimate of drug-likeness (QED) is 0.749. The van der Waals surface area contributed by atoms with Crippen molar-refractivity contribution < 1.29 is 22.3 Å². The summed E-state index contributed by atoms with van der Waals surface area (Å²) in [7, 11) is 1.08. The van der Waals surface area contributed by atoms with Crippen LogP contribution in [-0.2, 0) is 13.8 Å². The van der Waals surface area contributed by atoms with Crippen LogP contribution >= 0.6 is 10.7 Å². The number of hydrogen-bond acceptors (Lipinski definition) is 4. The number of aromatic nitrogens is 1. The molecule has 0 unspecified atom stereocenters. The molecule has 0 N–H and O–H groups in total. The fraction of sp³-hybridized carbons (Fsp3) is 0.308. The number of carbonyl (C=O) groups excluding carboxylic acids is 1. The van der Waals surface area contributed by atoms with Crippen LogP contribution in [0.1, 0.15) is 20.8 Å². The average Bonchev–Trinajstić information content (AvgIpc) is 2.67. The number of carbonyl (C=O) groups is 1. The Morgan fingerprint density at radius 3 is 2.48 bits per heavy atom. The summed E-state index contributed by atoms with van der Waals surface area (Å²) in [5, 5.41) is -0.293. The summed E-state index contributed by atoms with van der Waals surface area (Å²) in [6, 6.07) is 5.13. The molecule has 114 valence electrons. The zero-order valence-corrected chi connectivity index (χ0v) is 13.1. The summed E-state index contributed by atoms with van der Waals surface area (Å²) >= 11 is 0. The third-order valence-electron chi connectivity index (χ3n) is 2.57. The standard InChI is InChI=1S/C13H13ClFNO4S/c1-13(2,3)20-12(17)16-10(21(14,18)19)7-8-5-4-6-9(15)11(8)16/h4-7H,1-3H3. The molecule has 0 saturated heterocycles. The average molecular weight is 334 g/mol. The van der Waals surface area contributed by atoms with Crippen molar-refractivity contribution in [3.63, 3.8) is 0 Å². The highest BCUT2D eigenvalue weighted by atomic mass is 35.7. The Morgan fingerprint density at radius 1 is 1.33 bits per heavy atom. The van der Waals surface area contributed by atoms with Crippen molar-refractivity contribution in [3.8, 4) is 0 Å². The van der Waals surface area contributed by atoms with Crippen LogP contribution in [0.4, 0.5) is 9.18 Å². The molecule has 2 aromatic rings. The Hall–Kier alpha value is -1.60. The van der Waals surface area contributed by atoms with Gasteiger partial charge in [0.25, 0.3) is 9.05 Å². The van der Waals surface area contributed by atoms with Crippen molar-refractivity contribution in [2.24, 2.45) is 0 Å². The SMILES string of the molecule is CC(C)(C)OC(=O)n1c(S(=O)(=O)Cl)cc2cccc(F)c21. The number of rotatable bonds is 1. The maximum absolute atomic E-state index is 14.0.